The molecule has 2 atom stereocenters. The van der Waals surface area contributed by atoms with Gasteiger partial charge in [-0.2, -0.15) is 0 Å². The molecule has 1 heterocycles. The largest absolute Gasteiger partial charge is 0.477 e. The van der Waals surface area contributed by atoms with Gasteiger partial charge in [-0.3, -0.25) is 4.90 Å². The third-order valence-electron chi connectivity index (χ3n) is 4.07. The number of pyridine rings is 1. The van der Waals surface area contributed by atoms with Gasteiger partial charge in [0.25, 0.3) is 0 Å². The summed E-state index contributed by atoms with van der Waals surface area (Å²) in [6.45, 7) is 3.03. The van der Waals surface area contributed by atoms with E-state index in [1.54, 1.807) is 6.07 Å². The molecule has 1 aliphatic carbocycles. The first-order valence-corrected chi connectivity index (χ1v) is 6.97. The van der Waals surface area contributed by atoms with Gasteiger partial charge in [0.2, 0.25) is 0 Å². The third-order valence-corrected chi connectivity index (χ3v) is 4.07. The molecule has 104 valence electrons. The van der Waals surface area contributed by atoms with Crippen LogP contribution in [0.4, 0.5) is 0 Å². The van der Waals surface area contributed by atoms with Gasteiger partial charge in [0.15, 0.2) is 0 Å². The molecule has 2 unspecified atom stereocenters. The quantitative estimate of drug-likeness (QED) is 0.906. The Labute approximate surface area is 114 Å². The summed E-state index contributed by atoms with van der Waals surface area (Å²) in [6.07, 6.45) is 5.15. The monoisotopic (exact) mass is 262 g/mol. The Bertz CT molecular complexity index is 448. The molecule has 4 nitrogen and oxygen atoms in total. The molecule has 0 amide bonds. The standard InChI is InChI=1S/C15H22N2O2/c1-11-6-3-4-9-14(11)17(2)10-12-7-5-8-13(16-12)15(18)19/h5,7-8,11,14H,3-4,6,9-10H2,1-2H3,(H,18,19). The van der Waals surface area contributed by atoms with Gasteiger partial charge in [-0.1, -0.05) is 25.8 Å². The van der Waals surface area contributed by atoms with Crippen LogP contribution in [0.15, 0.2) is 18.2 Å². The van der Waals surface area contributed by atoms with Crippen LogP contribution in [0.1, 0.15) is 48.8 Å². The van der Waals surface area contributed by atoms with E-state index in [1.165, 1.54) is 31.7 Å². The fraction of sp³-hybridized carbons (Fsp3) is 0.600. The summed E-state index contributed by atoms with van der Waals surface area (Å²) in [4.78, 5) is 17.4. The molecule has 0 spiro atoms. The second-order valence-corrected chi connectivity index (χ2v) is 5.56. The number of aromatic nitrogens is 1. The molecule has 2 rings (SSSR count). The van der Waals surface area contributed by atoms with Gasteiger partial charge in [0.1, 0.15) is 5.69 Å². The lowest BCUT2D eigenvalue weighted by atomic mass is 9.85. The van der Waals surface area contributed by atoms with E-state index < -0.39 is 5.97 Å². The van der Waals surface area contributed by atoms with Crippen molar-refractivity contribution >= 4 is 5.97 Å². The summed E-state index contributed by atoms with van der Waals surface area (Å²) in [7, 11) is 2.11. The van der Waals surface area contributed by atoms with Crippen LogP contribution in [0.25, 0.3) is 0 Å². The Balaban J connectivity index is 2.03. The molecule has 0 bridgehead atoms. The maximum Gasteiger partial charge on any atom is 0.354 e. The topological polar surface area (TPSA) is 53.4 Å². The zero-order valence-electron chi connectivity index (χ0n) is 11.7. The highest BCUT2D eigenvalue weighted by Gasteiger charge is 2.25. The molecule has 1 aliphatic rings. The van der Waals surface area contributed by atoms with Crippen molar-refractivity contribution in [3.63, 3.8) is 0 Å². The first-order valence-electron chi connectivity index (χ1n) is 6.97. The number of hydrogen-bond acceptors (Lipinski definition) is 3. The fourth-order valence-corrected chi connectivity index (χ4v) is 3.01. The SMILES string of the molecule is CC1CCCCC1N(C)Cc1cccc(C(=O)O)n1. The molecule has 0 aromatic carbocycles. The number of carboxylic acid groups (broad SMARTS) is 1. The van der Waals surface area contributed by atoms with Crippen LogP contribution < -0.4 is 0 Å². The lowest BCUT2D eigenvalue weighted by Gasteiger charge is -2.36. The highest BCUT2D eigenvalue weighted by molar-refractivity contribution is 5.85. The van der Waals surface area contributed by atoms with Crippen molar-refractivity contribution in [1.29, 1.82) is 0 Å². The predicted octanol–water partition coefficient (Wildman–Crippen LogP) is 2.79. The first-order chi connectivity index (χ1) is 9.08. The second-order valence-electron chi connectivity index (χ2n) is 5.56. The van der Waals surface area contributed by atoms with Crippen molar-refractivity contribution in [2.45, 2.75) is 45.2 Å². The van der Waals surface area contributed by atoms with E-state index in [2.05, 4.69) is 23.9 Å². The van der Waals surface area contributed by atoms with Gasteiger partial charge in [0.05, 0.1) is 5.69 Å². The smallest absolute Gasteiger partial charge is 0.354 e. The molecular weight excluding hydrogens is 240 g/mol. The van der Waals surface area contributed by atoms with Gasteiger partial charge in [0, 0.05) is 12.6 Å². The van der Waals surface area contributed by atoms with E-state index in [1.807, 2.05) is 6.07 Å². The maximum atomic E-state index is 10.9. The number of carboxylic acids is 1. The van der Waals surface area contributed by atoms with E-state index in [0.717, 1.165) is 12.2 Å². The van der Waals surface area contributed by atoms with Gasteiger partial charge >= 0.3 is 5.97 Å². The van der Waals surface area contributed by atoms with Gasteiger partial charge < -0.3 is 5.11 Å². The van der Waals surface area contributed by atoms with Gasteiger partial charge in [-0.25, -0.2) is 9.78 Å². The third kappa shape index (κ3) is 3.53. The average Bonchev–Trinajstić information content (AvgIpc) is 2.39. The molecule has 4 heteroatoms. The predicted molar refractivity (Wildman–Crippen MR) is 74.1 cm³/mol. The van der Waals surface area contributed by atoms with Crippen molar-refractivity contribution in [1.82, 2.24) is 9.88 Å². The molecule has 1 aromatic rings. The van der Waals surface area contributed by atoms with Crippen LogP contribution in [0, 0.1) is 5.92 Å². The maximum absolute atomic E-state index is 10.9. The lowest BCUT2D eigenvalue weighted by Crippen LogP contribution is -2.38. The van der Waals surface area contributed by atoms with Crippen molar-refractivity contribution < 1.29 is 9.90 Å². The number of carbonyl (C=O) groups is 1. The van der Waals surface area contributed by atoms with Crippen LogP contribution >= 0.6 is 0 Å². The molecule has 0 saturated heterocycles. The number of nitrogens with zero attached hydrogens (tertiary/aromatic N) is 2. The minimum absolute atomic E-state index is 0.127. The van der Waals surface area contributed by atoms with Gasteiger partial charge in [-0.15, -0.1) is 0 Å². The molecule has 1 saturated carbocycles. The summed E-state index contributed by atoms with van der Waals surface area (Å²) in [5.41, 5.74) is 0.961. The van der Waals surface area contributed by atoms with Crippen molar-refractivity contribution in [3.05, 3.63) is 29.6 Å². The molecule has 1 aromatic heterocycles. The Morgan fingerprint density at radius 1 is 1.42 bits per heavy atom. The van der Waals surface area contributed by atoms with Crippen LogP contribution in [-0.4, -0.2) is 34.0 Å². The fourth-order valence-electron chi connectivity index (χ4n) is 3.01. The molecule has 0 radical (unpaired) electrons. The summed E-state index contributed by atoms with van der Waals surface area (Å²) < 4.78 is 0. The minimum atomic E-state index is -0.962. The summed E-state index contributed by atoms with van der Waals surface area (Å²) in [5, 5.41) is 8.96. The highest BCUT2D eigenvalue weighted by Crippen LogP contribution is 2.27. The minimum Gasteiger partial charge on any atom is -0.477 e. The normalized spacial score (nSPS) is 23.5. The Kier molecular flexibility index (Phi) is 4.53. The molecular formula is C15H22N2O2. The Morgan fingerprint density at radius 2 is 2.16 bits per heavy atom. The Hall–Kier alpha value is -1.42. The molecule has 0 aliphatic heterocycles. The van der Waals surface area contributed by atoms with E-state index in [0.29, 0.717) is 12.0 Å². The molecule has 19 heavy (non-hydrogen) atoms. The first kappa shape index (κ1) is 14.0. The van der Waals surface area contributed by atoms with Crippen molar-refractivity contribution in [3.8, 4) is 0 Å². The van der Waals surface area contributed by atoms with Crippen molar-refractivity contribution in [2.24, 2.45) is 5.92 Å². The zero-order valence-corrected chi connectivity index (χ0v) is 11.7. The average molecular weight is 262 g/mol. The Morgan fingerprint density at radius 3 is 2.84 bits per heavy atom. The summed E-state index contributed by atoms with van der Waals surface area (Å²) >= 11 is 0. The molecule has 1 N–H and O–H groups in total. The number of aromatic carboxylic acids is 1. The van der Waals surface area contributed by atoms with Crippen LogP contribution in [-0.2, 0) is 6.54 Å². The lowest BCUT2D eigenvalue weighted by molar-refractivity contribution is 0.0689. The number of hydrogen-bond donors (Lipinski definition) is 1. The second kappa shape index (κ2) is 6.15. The molecule has 1 fully saturated rings. The van der Waals surface area contributed by atoms with E-state index >= 15 is 0 Å². The van der Waals surface area contributed by atoms with Crippen LogP contribution in [0.2, 0.25) is 0 Å². The van der Waals surface area contributed by atoms with E-state index in [-0.39, 0.29) is 5.69 Å². The van der Waals surface area contributed by atoms with E-state index in [9.17, 15) is 4.79 Å². The highest BCUT2D eigenvalue weighted by atomic mass is 16.4. The summed E-state index contributed by atoms with van der Waals surface area (Å²) in [6, 6.07) is 5.79. The van der Waals surface area contributed by atoms with Crippen LogP contribution in [0.5, 0.6) is 0 Å². The van der Waals surface area contributed by atoms with Gasteiger partial charge in [-0.05, 0) is 37.9 Å². The van der Waals surface area contributed by atoms with Crippen LogP contribution in [0.3, 0.4) is 0 Å². The van der Waals surface area contributed by atoms with E-state index in [4.69, 9.17) is 5.11 Å². The van der Waals surface area contributed by atoms with Crippen molar-refractivity contribution in [2.75, 3.05) is 7.05 Å². The zero-order chi connectivity index (χ0) is 13.8. The number of rotatable bonds is 4. The summed E-state index contributed by atoms with van der Waals surface area (Å²) in [5.74, 6) is -0.253.